The number of carbonyl (C=O) groups excluding carboxylic acids is 1. The zero-order valence-corrected chi connectivity index (χ0v) is 13.1. The Labute approximate surface area is 129 Å². The van der Waals surface area contributed by atoms with Crippen molar-refractivity contribution in [2.75, 3.05) is 5.75 Å². The van der Waals surface area contributed by atoms with Crippen LogP contribution in [0.3, 0.4) is 0 Å². The molecule has 1 rings (SSSR count). The Kier molecular flexibility index (Phi) is 7.68. The zero-order valence-electron chi connectivity index (χ0n) is 12.2. The molecule has 0 aromatic heterocycles. The Morgan fingerprint density at radius 1 is 1.33 bits per heavy atom. The van der Waals surface area contributed by atoms with Gasteiger partial charge in [-0.1, -0.05) is 44.2 Å². The Morgan fingerprint density at radius 3 is 2.57 bits per heavy atom. The molecule has 1 aromatic rings. The van der Waals surface area contributed by atoms with Crippen molar-refractivity contribution >= 4 is 23.8 Å². The van der Waals surface area contributed by atoms with Gasteiger partial charge in [0.15, 0.2) is 0 Å². The highest BCUT2D eigenvalue weighted by Crippen LogP contribution is 2.14. The monoisotopic (exact) mass is 311 g/mol. The maximum Gasteiger partial charge on any atom is 0.408 e. The average molecular weight is 311 g/mol. The highest BCUT2D eigenvalue weighted by Gasteiger charge is 2.21. The standard InChI is InChI=1S/C15H21NO4S/c1-3-11(2)21-10-13(14(17)18)16-15(19)20-9-12-7-5-4-6-8-12/h4-8,11,13H,3,9-10H2,1-2H3,(H,16,19)(H,17,18). The summed E-state index contributed by atoms with van der Waals surface area (Å²) in [7, 11) is 0. The van der Waals surface area contributed by atoms with E-state index in [1.165, 1.54) is 11.8 Å². The molecule has 2 unspecified atom stereocenters. The number of ether oxygens (including phenoxy) is 1. The van der Waals surface area contributed by atoms with Crippen molar-refractivity contribution in [3.63, 3.8) is 0 Å². The zero-order chi connectivity index (χ0) is 15.7. The molecule has 116 valence electrons. The van der Waals surface area contributed by atoms with E-state index in [9.17, 15) is 9.59 Å². The van der Waals surface area contributed by atoms with E-state index in [-0.39, 0.29) is 6.61 Å². The number of carboxylic acids is 1. The van der Waals surface area contributed by atoms with Gasteiger partial charge >= 0.3 is 12.1 Å². The molecule has 0 aliphatic heterocycles. The van der Waals surface area contributed by atoms with Crippen molar-refractivity contribution in [2.45, 2.75) is 38.2 Å². The SMILES string of the molecule is CCC(C)SCC(NC(=O)OCc1ccccc1)C(=O)O. The molecule has 2 atom stereocenters. The van der Waals surface area contributed by atoms with Crippen LogP contribution in [0.15, 0.2) is 30.3 Å². The van der Waals surface area contributed by atoms with Crippen molar-refractivity contribution in [3.8, 4) is 0 Å². The van der Waals surface area contributed by atoms with Crippen LogP contribution in [0.25, 0.3) is 0 Å². The molecule has 0 aliphatic rings. The number of hydrogen-bond donors (Lipinski definition) is 2. The Bertz CT molecular complexity index is 452. The summed E-state index contributed by atoms with van der Waals surface area (Å²) in [4.78, 5) is 22.8. The first-order valence-corrected chi connectivity index (χ1v) is 7.89. The second kappa shape index (κ2) is 9.28. The molecule has 5 nitrogen and oxygen atoms in total. The Balaban J connectivity index is 2.40. The van der Waals surface area contributed by atoms with Gasteiger partial charge in [0, 0.05) is 11.0 Å². The molecule has 0 radical (unpaired) electrons. The van der Waals surface area contributed by atoms with Crippen molar-refractivity contribution in [1.29, 1.82) is 0 Å². The maximum atomic E-state index is 11.6. The largest absolute Gasteiger partial charge is 0.480 e. The summed E-state index contributed by atoms with van der Waals surface area (Å²) < 4.78 is 5.02. The van der Waals surface area contributed by atoms with Crippen molar-refractivity contribution in [3.05, 3.63) is 35.9 Å². The topological polar surface area (TPSA) is 75.6 Å². The van der Waals surface area contributed by atoms with E-state index >= 15 is 0 Å². The molecule has 1 amide bonds. The van der Waals surface area contributed by atoms with E-state index in [0.717, 1.165) is 12.0 Å². The van der Waals surface area contributed by atoms with Gasteiger partial charge in [0.25, 0.3) is 0 Å². The van der Waals surface area contributed by atoms with Crippen LogP contribution in [0.4, 0.5) is 4.79 Å². The normalized spacial score (nSPS) is 13.2. The summed E-state index contributed by atoms with van der Waals surface area (Å²) in [6, 6.07) is 8.29. The van der Waals surface area contributed by atoms with E-state index < -0.39 is 18.1 Å². The lowest BCUT2D eigenvalue weighted by molar-refractivity contribution is -0.138. The van der Waals surface area contributed by atoms with Crippen LogP contribution in [0, 0.1) is 0 Å². The number of aliphatic carboxylic acids is 1. The third-order valence-electron chi connectivity index (χ3n) is 2.93. The molecule has 0 bridgehead atoms. The van der Waals surface area contributed by atoms with Crippen molar-refractivity contribution < 1.29 is 19.4 Å². The van der Waals surface area contributed by atoms with Gasteiger partial charge in [-0.25, -0.2) is 9.59 Å². The van der Waals surface area contributed by atoms with Crippen LogP contribution in [-0.2, 0) is 16.1 Å². The third kappa shape index (κ3) is 7.04. The van der Waals surface area contributed by atoms with Gasteiger partial charge in [-0.2, -0.15) is 11.8 Å². The van der Waals surface area contributed by atoms with E-state index in [1.54, 1.807) is 0 Å². The van der Waals surface area contributed by atoms with E-state index in [0.29, 0.717) is 11.0 Å². The van der Waals surface area contributed by atoms with Crippen LogP contribution < -0.4 is 5.32 Å². The molecule has 0 fully saturated rings. The van der Waals surface area contributed by atoms with Gasteiger partial charge in [-0.3, -0.25) is 0 Å². The predicted octanol–water partition coefficient (Wildman–Crippen LogP) is 2.90. The van der Waals surface area contributed by atoms with Gasteiger partial charge in [-0.15, -0.1) is 0 Å². The fourth-order valence-corrected chi connectivity index (χ4v) is 2.44. The molecule has 6 heteroatoms. The molecule has 0 aliphatic carbocycles. The summed E-state index contributed by atoms with van der Waals surface area (Å²) in [5.74, 6) is -0.729. The number of thioether (sulfide) groups is 1. The average Bonchev–Trinajstić information content (AvgIpc) is 2.49. The van der Waals surface area contributed by atoms with Gasteiger partial charge in [0.05, 0.1) is 0 Å². The van der Waals surface area contributed by atoms with E-state index in [4.69, 9.17) is 9.84 Å². The summed E-state index contributed by atoms with van der Waals surface area (Å²) in [5, 5.41) is 11.8. The molecule has 0 spiro atoms. The second-order valence-electron chi connectivity index (χ2n) is 4.65. The quantitative estimate of drug-likeness (QED) is 0.772. The van der Waals surface area contributed by atoms with Crippen LogP contribution in [-0.4, -0.2) is 34.2 Å². The minimum absolute atomic E-state index is 0.123. The molecule has 1 aromatic carbocycles. The van der Waals surface area contributed by atoms with Gasteiger partial charge < -0.3 is 15.2 Å². The number of carboxylic acid groups (broad SMARTS) is 1. The summed E-state index contributed by atoms with van der Waals surface area (Å²) in [5.41, 5.74) is 0.855. The number of amides is 1. The Hall–Kier alpha value is -1.69. The van der Waals surface area contributed by atoms with Crippen molar-refractivity contribution in [1.82, 2.24) is 5.32 Å². The van der Waals surface area contributed by atoms with E-state index in [1.807, 2.05) is 44.2 Å². The highest BCUT2D eigenvalue weighted by atomic mass is 32.2. The molecular formula is C15H21NO4S. The summed E-state index contributed by atoms with van der Waals surface area (Å²) in [6.07, 6.45) is 0.242. The molecule has 21 heavy (non-hydrogen) atoms. The van der Waals surface area contributed by atoms with E-state index in [2.05, 4.69) is 5.32 Å². The minimum Gasteiger partial charge on any atom is -0.480 e. The summed E-state index contributed by atoms with van der Waals surface area (Å²) in [6.45, 7) is 4.18. The third-order valence-corrected chi connectivity index (χ3v) is 4.35. The smallest absolute Gasteiger partial charge is 0.408 e. The highest BCUT2D eigenvalue weighted by molar-refractivity contribution is 7.99. The van der Waals surface area contributed by atoms with Crippen LogP contribution >= 0.6 is 11.8 Å². The fraction of sp³-hybridized carbons (Fsp3) is 0.467. The van der Waals surface area contributed by atoms with Gasteiger partial charge in [0.2, 0.25) is 0 Å². The number of rotatable bonds is 8. The van der Waals surface area contributed by atoms with Gasteiger partial charge in [-0.05, 0) is 12.0 Å². The van der Waals surface area contributed by atoms with Crippen LogP contribution in [0.2, 0.25) is 0 Å². The summed E-state index contributed by atoms with van der Waals surface area (Å²) >= 11 is 1.52. The first-order chi connectivity index (χ1) is 10.0. The second-order valence-corrected chi connectivity index (χ2v) is 6.12. The predicted molar refractivity (Wildman–Crippen MR) is 83.4 cm³/mol. The molecule has 0 heterocycles. The number of hydrogen-bond acceptors (Lipinski definition) is 4. The van der Waals surface area contributed by atoms with Gasteiger partial charge in [0.1, 0.15) is 12.6 Å². The molecule has 0 saturated heterocycles. The fourth-order valence-electron chi connectivity index (χ4n) is 1.46. The lowest BCUT2D eigenvalue weighted by Crippen LogP contribution is -2.43. The minimum atomic E-state index is -1.05. The molecule has 0 saturated carbocycles. The number of nitrogens with one attached hydrogen (secondary N) is 1. The van der Waals surface area contributed by atoms with Crippen LogP contribution in [0.5, 0.6) is 0 Å². The first-order valence-electron chi connectivity index (χ1n) is 6.84. The maximum absolute atomic E-state index is 11.6. The first kappa shape index (κ1) is 17.4. The number of carbonyl (C=O) groups is 2. The van der Waals surface area contributed by atoms with Crippen molar-refractivity contribution in [2.24, 2.45) is 0 Å². The lowest BCUT2D eigenvalue weighted by atomic mass is 10.2. The molecule has 2 N–H and O–H groups in total. The molecular weight excluding hydrogens is 290 g/mol. The Morgan fingerprint density at radius 2 is 2.00 bits per heavy atom. The number of benzene rings is 1. The lowest BCUT2D eigenvalue weighted by Gasteiger charge is -2.16. The van der Waals surface area contributed by atoms with Crippen LogP contribution in [0.1, 0.15) is 25.8 Å². The number of alkyl carbamates (subject to hydrolysis) is 1.